The molecule has 6 nitrogen and oxygen atoms in total. The zero-order valence-corrected chi connectivity index (χ0v) is 20.9. The summed E-state index contributed by atoms with van der Waals surface area (Å²) < 4.78 is 0. The zero-order chi connectivity index (χ0) is 19.3. The lowest BCUT2D eigenvalue weighted by molar-refractivity contribution is 0.140. The minimum absolute atomic E-state index is 0. The number of hydrogen-bond acceptors (Lipinski definition) is 4. The topological polar surface area (TPSA) is 46.1 Å². The maximum absolute atomic E-state index is 4.84. The van der Waals surface area contributed by atoms with E-state index >= 15 is 0 Å². The van der Waals surface area contributed by atoms with Crippen LogP contribution in [-0.2, 0) is 0 Å². The number of likely N-dealkylation sites (N-methyl/N-ethyl adjacent to an activating group) is 1. The van der Waals surface area contributed by atoms with Gasteiger partial charge in [-0.25, -0.2) is 0 Å². The second-order valence-electron chi connectivity index (χ2n) is 8.46. The maximum atomic E-state index is 4.84. The summed E-state index contributed by atoms with van der Waals surface area (Å²) in [4.78, 5) is 12.5. The van der Waals surface area contributed by atoms with Crippen LogP contribution in [0.2, 0.25) is 0 Å². The second-order valence-corrected chi connectivity index (χ2v) is 8.46. The molecule has 0 aliphatic carbocycles. The van der Waals surface area contributed by atoms with Crippen LogP contribution in [-0.4, -0.2) is 99.7 Å². The summed E-state index contributed by atoms with van der Waals surface area (Å²) in [5.74, 6) is 1.58. The molecule has 2 aliphatic rings. The van der Waals surface area contributed by atoms with Gasteiger partial charge in [0.2, 0.25) is 0 Å². The Morgan fingerprint density at radius 2 is 1.61 bits per heavy atom. The van der Waals surface area contributed by atoms with Gasteiger partial charge in [0.1, 0.15) is 0 Å². The van der Waals surface area contributed by atoms with Gasteiger partial charge in [0.15, 0.2) is 5.96 Å². The molecule has 0 aromatic heterocycles. The van der Waals surface area contributed by atoms with Crippen LogP contribution >= 0.6 is 24.0 Å². The molecule has 2 rings (SSSR count). The summed E-state index contributed by atoms with van der Waals surface area (Å²) in [7, 11) is 2.21. The standard InChI is InChI=1S/C21H44N6.HI/c1-4-22-21(23-10-9-13-26-11-7-5-6-8-12-26)24-18-20(2)19-27-16-14-25(3)15-17-27;/h20H,4-19H2,1-3H3,(H2,22,23,24);1H. The van der Waals surface area contributed by atoms with Crippen LogP contribution in [0.1, 0.15) is 46.0 Å². The Hall–Kier alpha value is -0.120. The maximum Gasteiger partial charge on any atom is 0.191 e. The molecule has 1 unspecified atom stereocenters. The number of piperazine rings is 1. The minimum atomic E-state index is 0. The van der Waals surface area contributed by atoms with Gasteiger partial charge in [-0.15, -0.1) is 24.0 Å². The van der Waals surface area contributed by atoms with Crippen molar-refractivity contribution < 1.29 is 0 Å². The van der Waals surface area contributed by atoms with Gasteiger partial charge in [0, 0.05) is 52.4 Å². The van der Waals surface area contributed by atoms with Crippen molar-refractivity contribution >= 4 is 29.9 Å². The van der Waals surface area contributed by atoms with Gasteiger partial charge in [-0.3, -0.25) is 4.99 Å². The fourth-order valence-corrected chi connectivity index (χ4v) is 3.99. The van der Waals surface area contributed by atoms with E-state index in [2.05, 4.69) is 46.2 Å². The molecule has 28 heavy (non-hydrogen) atoms. The van der Waals surface area contributed by atoms with Crippen LogP contribution in [0.4, 0.5) is 0 Å². The van der Waals surface area contributed by atoms with E-state index in [0.717, 1.165) is 32.1 Å². The summed E-state index contributed by atoms with van der Waals surface area (Å²) in [6.45, 7) is 17.0. The summed E-state index contributed by atoms with van der Waals surface area (Å²) >= 11 is 0. The van der Waals surface area contributed by atoms with Crippen LogP contribution in [0.3, 0.4) is 0 Å². The Kier molecular flexibility index (Phi) is 14.5. The lowest BCUT2D eigenvalue weighted by atomic mass is 10.1. The molecule has 2 fully saturated rings. The number of halogens is 1. The highest BCUT2D eigenvalue weighted by Gasteiger charge is 2.16. The highest BCUT2D eigenvalue weighted by molar-refractivity contribution is 14.0. The van der Waals surface area contributed by atoms with Crippen LogP contribution in [0.25, 0.3) is 0 Å². The molecule has 1 atom stereocenters. The lowest BCUT2D eigenvalue weighted by Gasteiger charge is -2.33. The highest BCUT2D eigenvalue weighted by atomic mass is 127. The summed E-state index contributed by atoms with van der Waals surface area (Å²) in [6, 6.07) is 0. The van der Waals surface area contributed by atoms with Crippen LogP contribution in [0.5, 0.6) is 0 Å². The first-order chi connectivity index (χ1) is 13.2. The van der Waals surface area contributed by atoms with Gasteiger partial charge in [-0.1, -0.05) is 19.8 Å². The third-order valence-electron chi connectivity index (χ3n) is 5.71. The van der Waals surface area contributed by atoms with Gasteiger partial charge in [-0.05, 0) is 58.8 Å². The fourth-order valence-electron chi connectivity index (χ4n) is 3.99. The Bertz CT molecular complexity index is 404. The minimum Gasteiger partial charge on any atom is -0.357 e. The van der Waals surface area contributed by atoms with Crippen molar-refractivity contribution in [2.75, 3.05) is 79.0 Å². The fraction of sp³-hybridized carbons (Fsp3) is 0.952. The Labute approximate surface area is 190 Å². The van der Waals surface area contributed by atoms with Crippen molar-refractivity contribution in [3.63, 3.8) is 0 Å². The van der Waals surface area contributed by atoms with Gasteiger partial charge in [0.05, 0.1) is 0 Å². The average molecular weight is 509 g/mol. The molecular formula is C21H45IN6. The second kappa shape index (κ2) is 15.7. The van der Waals surface area contributed by atoms with E-state index in [-0.39, 0.29) is 24.0 Å². The number of rotatable bonds is 9. The molecule has 0 bridgehead atoms. The first-order valence-electron chi connectivity index (χ1n) is 11.3. The third-order valence-corrected chi connectivity index (χ3v) is 5.71. The predicted molar refractivity (Wildman–Crippen MR) is 132 cm³/mol. The number of hydrogen-bond donors (Lipinski definition) is 2. The Morgan fingerprint density at radius 3 is 2.25 bits per heavy atom. The molecule has 2 heterocycles. The number of aliphatic imine (C=N–C) groups is 1. The van der Waals surface area contributed by atoms with Crippen molar-refractivity contribution in [1.29, 1.82) is 0 Å². The molecule has 2 N–H and O–H groups in total. The highest BCUT2D eigenvalue weighted by Crippen LogP contribution is 2.09. The normalized spacial score (nSPS) is 21.6. The van der Waals surface area contributed by atoms with Crippen molar-refractivity contribution in [2.45, 2.75) is 46.0 Å². The Balaban J connectivity index is 0.00000392. The van der Waals surface area contributed by atoms with Crippen LogP contribution in [0, 0.1) is 5.92 Å². The quantitative estimate of drug-likeness (QED) is 0.217. The molecule has 166 valence electrons. The first-order valence-corrected chi connectivity index (χ1v) is 11.3. The van der Waals surface area contributed by atoms with Crippen LogP contribution < -0.4 is 10.6 Å². The summed E-state index contributed by atoms with van der Waals surface area (Å²) in [6.07, 6.45) is 6.78. The van der Waals surface area contributed by atoms with Crippen LogP contribution in [0.15, 0.2) is 4.99 Å². The molecule has 2 saturated heterocycles. The number of nitrogens with zero attached hydrogens (tertiary/aromatic N) is 4. The van der Waals surface area contributed by atoms with Crippen molar-refractivity contribution in [1.82, 2.24) is 25.3 Å². The molecule has 0 saturated carbocycles. The smallest absolute Gasteiger partial charge is 0.191 e. The third kappa shape index (κ3) is 11.2. The van der Waals surface area contributed by atoms with Gasteiger partial charge < -0.3 is 25.3 Å². The van der Waals surface area contributed by atoms with E-state index < -0.39 is 0 Å². The number of nitrogens with one attached hydrogen (secondary N) is 2. The number of likely N-dealkylation sites (tertiary alicyclic amines) is 1. The van der Waals surface area contributed by atoms with E-state index in [4.69, 9.17) is 4.99 Å². The molecule has 0 aromatic carbocycles. The van der Waals surface area contributed by atoms with E-state index in [1.54, 1.807) is 0 Å². The largest absolute Gasteiger partial charge is 0.357 e. The van der Waals surface area contributed by atoms with E-state index in [0.29, 0.717) is 5.92 Å². The number of guanidine groups is 1. The summed E-state index contributed by atoms with van der Waals surface area (Å²) in [5, 5.41) is 6.93. The Morgan fingerprint density at radius 1 is 0.929 bits per heavy atom. The van der Waals surface area contributed by atoms with E-state index in [9.17, 15) is 0 Å². The molecule has 0 spiro atoms. The van der Waals surface area contributed by atoms with Gasteiger partial charge in [-0.2, -0.15) is 0 Å². The first kappa shape index (κ1) is 25.9. The monoisotopic (exact) mass is 508 g/mol. The van der Waals surface area contributed by atoms with Crippen molar-refractivity contribution in [3.05, 3.63) is 0 Å². The molecule has 0 amide bonds. The lowest BCUT2D eigenvalue weighted by Crippen LogP contribution is -2.46. The predicted octanol–water partition coefficient (Wildman–Crippen LogP) is 2.31. The molecule has 0 radical (unpaired) electrons. The van der Waals surface area contributed by atoms with Gasteiger partial charge in [0.25, 0.3) is 0 Å². The molecule has 7 heteroatoms. The SMILES string of the molecule is CCNC(=NCC(C)CN1CCN(C)CC1)NCCCN1CCCCCC1.I. The molecule has 0 aromatic rings. The average Bonchev–Trinajstić information content (AvgIpc) is 2.94. The van der Waals surface area contributed by atoms with E-state index in [1.165, 1.54) is 77.9 Å². The van der Waals surface area contributed by atoms with Crippen molar-refractivity contribution in [3.8, 4) is 0 Å². The zero-order valence-electron chi connectivity index (χ0n) is 18.6. The van der Waals surface area contributed by atoms with Crippen molar-refractivity contribution in [2.24, 2.45) is 10.9 Å². The van der Waals surface area contributed by atoms with Gasteiger partial charge >= 0.3 is 0 Å². The summed E-state index contributed by atoms with van der Waals surface area (Å²) in [5.41, 5.74) is 0. The molecule has 2 aliphatic heterocycles. The molecular weight excluding hydrogens is 463 g/mol. The van der Waals surface area contributed by atoms with E-state index in [1.807, 2.05) is 0 Å².